The molecule has 2 N–H and O–H groups in total. The van der Waals surface area contributed by atoms with E-state index < -0.39 is 22.0 Å². The molecule has 0 saturated carbocycles. The Morgan fingerprint density at radius 1 is 1.12 bits per heavy atom. The molecule has 2 aliphatic heterocycles. The van der Waals surface area contributed by atoms with E-state index in [1.54, 1.807) is 48.5 Å². The number of hydrogen-bond donors (Lipinski definition) is 2. The lowest BCUT2D eigenvalue weighted by Crippen LogP contribution is -2.48. The molecule has 1 fully saturated rings. The minimum absolute atomic E-state index is 0.00149. The van der Waals surface area contributed by atoms with Crippen LogP contribution in [0, 0.1) is 0 Å². The first-order chi connectivity index (χ1) is 15.3. The summed E-state index contributed by atoms with van der Waals surface area (Å²) in [5, 5.41) is 5.55. The number of para-hydroxylation sites is 3. The van der Waals surface area contributed by atoms with E-state index in [2.05, 4.69) is 10.6 Å². The predicted octanol–water partition coefficient (Wildman–Crippen LogP) is 1.76. The highest BCUT2D eigenvalue weighted by Crippen LogP contribution is 2.34. The van der Waals surface area contributed by atoms with Gasteiger partial charge < -0.3 is 20.1 Å². The van der Waals surface area contributed by atoms with Gasteiger partial charge in [-0.15, -0.1) is 0 Å². The summed E-state index contributed by atoms with van der Waals surface area (Å²) >= 11 is 0. The van der Waals surface area contributed by atoms with Gasteiger partial charge in [-0.2, -0.15) is 0 Å². The van der Waals surface area contributed by atoms with E-state index in [0.29, 0.717) is 35.8 Å². The molecule has 1 saturated heterocycles. The maximum Gasteiger partial charge on any atom is 0.267 e. The summed E-state index contributed by atoms with van der Waals surface area (Å²) in [5.74, 6) is -0.580. The summed E-state index contributed by atoms with van der Waals surface area (Å²) in [4.78, 5) is 25.7. The minimum atomic E-state index is -3.62. The summed E-state index contributed by atoms with van der Waals surface area (Å²) in [6.45, 7) is 0.921. The fourth-order valence-electron chi connectivity index (χ4n) is 3.76. The van der Waals surface area contributed by atoms with Crippen LogP contribution in [-0.2, 0) is 19.6 Å². The highest BCUT2D eigenvalue weighted by atomic mass is 32.2. The molecule has 2 amide bonds. The van der Waals surface area contributed by atoms with Crippen molar-refractivity contribution in [2.75, 3.05) is 35.6 Å². The van der Waals surface area contributed by atoms with E-state index in [0.717, 1.165) is 23.4 Å². The van der Waals surface area contributed by atoms with Gasteiger partial charge >= 0.3 is 0 Å². The van der Waals surface area contributed by atoms with Crippen molar-refractivity contribution in [2.24, 2.45) is 0 Å². The number of anilines is 2. The third-order valence-electron chi connectivity index (χ3n) is 5.37. The monoisotopic (exact) mass is 459 g/mol. The first-order valence-corrected chi connectivity index (χ1v) is 12.2. The molecule has 0 bridgehead atoms. The molecular formula is C22H25N3O6S. The second-order valence-electron chi connectivity index (χ2n) is 7.75. The van der Waals surface area contributed by atoms with Crippen molar-refractivity contribution in [1.82, 2.24) is 5.32 Å². The van der Waals surface area contributed by atoms with Crippen LogP contribution in [0.3, 0.4) is 0 Å². The average molecular weight is 460 g/mol. The van der Waals surface area contributed by atoms with Gasteiger partial charge in [0.2, 0.25) is 10.0 Å². The Balaban J connectivity index is 1.49. The van der Waals surface area contributed by atoms with Gasteiger partial charge in [-0.25, -0.2) is 8.42 Å². The molecule has 0 spiro atoms. The Morgan fingerprint density at radius 2 is 1.88 bits per heavy atom. The lowest BCUT2D eigenvalue weighted by Gasteiger charge is -2.33. The van der Waals surface area contributed by atoms with Gasteiger partial charge in [0.15, 0.2) is 6.10 Å². The number of fused-ring (bicyclic) bond motifs is 1. The van der Waals surface area contributed by atoms with Crippen molar-refractivity contribution in [3.63, 3.8) is 0 Å². The van der Waals surface area contributed by atoms with Crippen molar-refractivity contribution in [3.8, 4) is 5.75 Å². The highest BCUT2D eigenvalue weighted by Gasteiger charge is 2.35. The lowest BCUT2D eigenvalue weighted by atomic mass is 10.1. The standard InChI is InChI=1S/C22H25N3O6S/c1-32(28,29)25-14-20(31-19-11-5-4-10-18(19)25)22(27)24-17-9-3-2-8-16(17)21(26)23-13-15-7-6-12-30-15/h2-5,8-11,15,20H,6-7,12-14H2,1H3,(H,23,26)(H,24,27). The third kappa shape index (κ3) is 4.86. The Morgan fingerprint density at radius 3 is 2.62 bits per heavy atom. The van der Waals surface area contributed by atoms with Gasteiger partial charge in [0.05, 0.1) is 35.8 Å². The lowest BCUT2D eigenvalue weighted by molar-refractivity contribution is -0.122. The summed E-state index contributed by atoms with van der Waals surface area (Å²) in [7, 11) is -3.62. The topological polar surface area (TPSA) is 114 Å². The van der Waals surface area contributed by atoms with Crippen LogP contribution in [0.15, 0.2) is 48.5 Å². The van der Waals surface area contributed by atoms with Gasteiger partial charge in [-0.1, -0.05) is 24.3 Å². The minimum Gasteiger partial charge on any atom is -0.476 e. The van der Waals surface area contributed by atoms with Gasteiger partial charge in [-0.3, -0.25) is 13.9 Å². The number of ether oxygens (including phenoxy) is 2. The number of sulfonamides is 1. The van der Waals surface area contributed by atoms with E-state index in [4.69, 9.17) is 9.47 Å². The SMILES string of the molecule is CS(=O)(=O)N1CC(C(=O)Nc2ccccc2C(=O)NCC2CCCO2)Oc2ccccc21. The Bertz CT molecular complexity index is 1110. The Kier molecular flexibility index (Phi) is 6.33. The maximum atomic E-state index is 13.0. The van der Waals surface area contributed by atoms with Crippen molar-refractivity contribution in [3.05, 3.63) is 54.1 Å². The van der Waals surface area contributed by atoms with Gasteiger partial charge in [-0.05, 0) is 37.1 Å². The van der Waals surface area contributed by atoms with Crippen molar-refractivity contribution < 1.29 is 27.5 Å². The van der Waals surface area contributed by atoms with E-state index in [1.165, 1.54) is 0 Å². The van der Waals surface area contributed by atoms with E-state index in [1.807, 2.05) is 0 Å². The predicted molar refractivity (Wildman–Crippen MR) is 119 cm³/mol. The Labute approximate surface area is 186 Å². The normalized spacial score (nSPS) is 20.2. The molecule has 2 aromatic rings. The van der Waals surface area contributed by atoms with Crippen molar-refractivity contribution in [2.45, 2.75) is 25.0 Å². The van der Waals surface area contributed by atoms with E-state index in [9.17, 15) is 18.0 Å². The molecule has 170 valence electrons. The third-order valence-corrected chi connectivity index (χ3v) is 6.52. The molecule has 2 heterocycles. The number of rotatable bonds is 6. The molecule has 32 heavy (non-hydrogen) atoms. The van der Waals surface area contributed by atoms with Crippen molar-refractivity contribution >= 4 is 33.2 Å². The molecule has 0 radical (unpaired) electrons. The van der Waals surface area contributed by atoms with Crippen LogP contribution < -0.4 is 19.7 Å². The van der Waals surface area contributed by atoms with Crippen molar-refractivity contribution in [1.29, 1.82) is 0 Å². The fraction of sp³-hybridized carbons (Fsp3) is 0.364. The largest absolute Gasteiger partial charge is 0.476 e. The van der Waals surface area contributed by atoms with Crippen LogP contribution in [0.5, 0.6) is 5.75 Å². The molecule has 0 aliphatic carbocycles. The number of carbonyl (C=O) groups excluding carboxylic acids is 2. The molecule has 2 atom stereocenters. The first kappa shape index (κ1) is 22.1. The molecule has 4 rings (SSSR count). The molecule has 2 unspecified atom stereocenters. The molecule has 2 aromatic carbocycles. The quantitative estimate of drug-likeness (QED) is 0.681. The van der Waals surface area contributed by atoms with Crippen LogP contribution in [0.25, 0.3) is 0 Å². The van der Waals surface area contributed by atoms with Crippen LogP contribution in [0.1, 0.15) is 23.2 Å². The number of nitrogens with one attached hydrogen (secondary N) is 2. The average Bonchev–Trinajstić information content (AvgIpc) is 3.30. The molecule has 9 nitrogen and oxygen atoms in total. The number of hydrogen-bond acceptors (Lipinski definition) is 6. The zero-order valence-corrected chi connectivity index (χ0v) is 18.4. The molecule has 0 aromatic heterocycles. The number of nitrogens with zero attached hydrogens (tertiary/aromatic N) is 1. The van der Waals surface area contributed by atoms with Crippen LogP contribution in [-0.4, -0.2) is 58.4 Å². The number of carbonyl (C=O) groups is 2. The highest BCUT2D eigenvalue weighted by molar-refractivity contribution is 7.92. The van der Waals surface area contributed by atoms with E-state index >= 15 is 0 Å². The zero-order valence-electron chi connectivity index (χ0n) is 17.6. The molecule has 2 aliphatic rings. The van der Waals surface area contributed by atoms with Gasteiger partial charge in [0.25, 0.3) is 11.8 Å². The van der Waals surface area contributed by atoms with Gasteiger partial charge in [0.1, 0.15) is 5.75 Å². The molecule has 10 heteroatoms. The fourth-order valence-corrected chi connectivity index (χ4v) is 4.68. The van der Waals surface area contributed by atoms with E-state index in [-0.39, 0.29) is 18.6 Å². The van der Waals surface area contributed by atoms with Crippen LogP contribution >= 0.6 is 0 Å². The second kappa shape index (κ2) is 9.17. The summed E-state index contributed by atoms with van der Waals surface area (Å²) in [5.41, 5.74) is 0.999. The zero-order chi connectivity index (χ0) is 22.7. The van der Waals surface area contributed by atoms with Crippen LogP contribution in [0.2, 0.25) is 0 Å². The Hall–Kier alpha value is -3.11. The van der Waals surface area contributed by atoms with Crippen LogP contribution in [0.4, 0.5) is 11.4 Å². The summed E-state index contributed by atoms with van der Waals surface area (Å²) in [6, 6.07) is 13.3. The second-order valence-corrected chi connectivity index (χ2v) is 9.66. The number of amides is 2. The maximum absolute atomic E-state index is 13.0. The smallest absolute Gasteiger partial charge is 0.267 e. The molecular weight excluding hydrogens is 434 g/mol. The number of benzene rings is 2. The summed E-state index contributed by atoms with van der Waals surface area (Å²) < 4.78 is 37.0. The van der Waals surface area contributed by atoms with Gasteiger partial charge in [0, 0.05) is 13.2 Å². The summed E-state index contributed by atoms with van der Waals surface area (Å²) in [6.07, 6.45) is 1.87. The first-order valence-electron chi connectivity index (χ1n) is 10.4.